The number of primary amides is 1. The Balaban J connectivity index is 1.42. The normalized spacial score (nSPS) is 24.1. The molecule has 41 heavy (non-hydrogen) atoms. The van der Waals surface area contributed by atoms with Gasteiger partial charge in [0.15, 0.2) is 5.65 Å². The van der Waals surface area contributed by atoms with Gasteiger partial charge in [-0.15, -0.1) is 0 Å². The van der Waals surface area contributed by atoms with Gasteiger partial charge in [-0.1, -0.05) is 0 Å². The van der Waals surface area contributed by atoms with Gasteiger partial charge >= 0.3 is 11.8 Å². The van der Waals surface area contributed by atoms with Crippen molar-refractivity contribution in [3.05, 3.63) is 40.6 Å². The number of aryl methyl sites for hydroxylation is 1. The first-order chi connectivity index (χ1) is 21.2. The van der Waals surface area contributed by atoms with Crippen molar-refractivity contribution in [1.29, 1.82) is 0 Å². The molecule has 2 aliphatic carbocycles. The highest BCUT2D eigenvalue weighted by molar-refractivity contribution is 5.88. The average Bonchev–Trinajstić information content (AvgIpc) is 3.58. The van der Waals surface area contributed by atoms with E-state index in [0.29, 0.717) is 46.4 Å². The molecule has 0 spiro atoms. The van der Waals surface area contributed by atoms with Crippen LogP contribution in [0.4, 0.5) is 16.4 Å². The van der Waals surface area contributed by atoms with E-state index in [1.54, 1.807) is 19.1 Å². The zero-order valence-electron chi connectivity index (χ0n) is 26.5. The summed E-state index contributed by atoms with van der Waals surface area (Å²) in [5.41, 5.74) is 4.99. The Morgan fingerprint density at radius 2 is 2.10 bits per heavy atom. The number of methoxy groups -OCH3 is 1. The van der Waals surface area contributed by atoms with Crippen molar-refractivity contribution in [2.24, 2.45) is 12.7 Å². The summed E-state index contributed by atoms with van der Waals surface area (Å²) in [7, 11) is 1.19. The Labute approximate surface area is 240 Å². The van der Waals surface area contributed by atoms with E-state index in [1.165, 1.54) is 28.6 Å². The summed E-state index contributed by atoms with van der Waals surface area (Å²) in [6, 6.07) is 2.88. The number of fused-ring (bicyclic) bond motifs is 2. The molecule has 0 bridgehead atoms. The van der Waals surface area contributed by atoms with E-state index in [2.05, 4.69) is 25.5 Å². The predicted octanol–water partition coefficient (Wildman–Crippen LogP) is 2.09. The summed E-state index contributed by atoms with van der Waals surface area (Å²) >= 11 is 0. The Hall–Kier alpha value is -4.46. The molecule has 0 aliphatic heterocycles. The van der Waals surface area contributed by atoms with Crippen LogP contribution in [0.1, 0.15) is 68.8 Å². The molecule has 5 N–H and O–H groups in total. The quantitative estimate of drug-likeness (QED) is 0.260. The van der Waals surface area contributed by atoms with Gasteiger partial charge < -0.3 is 26.2 Å². The van der Waals surface area contributed by atoms with E-state index >= 15 is 0 Å². The lowest BCUT2D eigenvalue weighted by atomic mass is 9.76. The summed E-state index contributed by atoms with van der Waals surface area (Å²) in [6.45, 7) is -1.23. The lowest BCUT2D eigenvalue weighted by Gasteiger charge is -2.38. The van der Waals surface area contributed by atoms with Crippen LogP contribution in [0.3, 0.4) is 0 Å². The molecule has 14 heteroatoms. The number of amides is 2. The van der Waals surface area contributed by atoms with Gasteiger partial charge in [0.2, 0.25) is 5.91 Å². The minimum Gasteiger partial charge on any atom is -0.453 e. The molecular formula is C27H33N9O5. The van der Waals surface area contributed by atoms with Crippen LogP contribution < -0.4 is 22.1 Å². The topological polar surface area (TPSA) is 184 Å². The number of hydrogen-bond donors (Lipinski definition) is 4. The van der Waals surface area contributed by atoms with Crippen molar-refractivity contribution in [1.82, 2.24) is 34.2 Å². The van der Waals surface area contributed by atoms with E-state index in [1.807, 2.05) is 0 Å². The fraction of sp³-hybridized carbons (Fsp3) is 0.481. The van der Waals surface area contributed by atoms with E-state index in [9.17, 15) is 19.5 Å². The number of nitrogens with two attached hydrogens (primary N) is 1. The number of hydrogen-bond acceptors (Lipinski definition) is 9. The van der Waals surface area contributed by atoms with Crippen LogP contribution in [-0.4, -0.2) is 59.1 Å². The van der Waals surface area contributed by atoms with E-state index in [4.69, 9.17) is 16.2 Å². The van der Waals surface area contributed by atoms with Gasteiger partial charge in [0.05, 0.1) is 31.8 Å². The van der Waals surface area contributed by atoms with Crippen molar-refractivity contribution >= 4 is 45.7 Å². The SMILES string of the molecule is [2H]C([2H])([2H])n1c(=O)n([C@@H]2CC[C@@]([2H])(NC(=O)OC)C2)c2cc(Nc3ccc4c(C(C)O)nn(C5(C(N)=O)CCC5)c4n3)ncc21. The number of carbonyl (C=O) groups is 2. The monoisotopic (exact) mass is 567 g/mol. The van der Waals surface area contributed by atoms with Crippen molar-refractivity contribution in [3.63, 3.8) is 0 Å². The first-order valence-corrected chi connectivity index (χ1v) is 13.3. The van der Waals surface area contributed by atoms with Crippen LogP contribution >= 0.6 is 0 Å². The van der Waals surface area contributed by atoms with E-state index in [0.717, 1.165) is 6.42 Å². The van der Waals surface area contributed by atoms with Crippen LogP contribution in [0, 0.1) is 0 Å². The summed E-state index contributed by atoms with van der Waals surface area (Å²) < 4.78 is 40.8. The molecule has 1 unspecified atom stereocenters. The maximum atomic E-state index is 13.6. The lowest BCUT2D eigenvalue weighted by Crippen LogP contribution is -2.52. The second-order valence-electron chi connectivity index (χ2n) is 10.6. The number of alkyl carbamates (subject to hydrolysis) is 1. The van der Waals surface area contributed by atoms with Gasteiger partial charge in [-0.05, 0) is 57.6 Å². The molecule has 3 atom stereocenters. The standard InChI is InChI=1S/C27H33N9O5/c1-14(37)22-17-7-8-20(32-23(17)36(33-22)27(24(28)38)9-4-10-27)31-21-12-18-19(13-29-21)34(2)26(40)35(18)16-6-5-15(11-16)30-25(39)41-3/h7-8,12-16,37H,4-6,9-11H2,1-3H3,(H2,28,38)(H,30,39)(H,29,31,32)/t14?,15-,16-/m1/s1/i2D3,15D. The van der Waals surface area contributed by atoms with Gasteiger partial charge in [-0.3, -0.25) is 13.9 Å². The number of nitrogens with zero attached hydrogens (tertiary/aromatic N) is 6. The zero-order chi connectivity index (χ0) is 32.5. The average molecular weight is 568 g/mol. The van der Waals surface area contributed by atoms with Crippen LogP contribution in [0.5, 0.6) is 0 Å². The number of pyridine rings is 2. The number of aliphatic hydroxyl groups is 1. The summed E-state index contributed by atoms with van der Waals surface area (Å²) in [6.07, 6.45) is 1.93. The van der Waals surface area contributed by atoms with Crippen molar-refractivity contribution in [3.8, 4) is 0 Å². The molecule has 2 amide bonds. The second kappa shape index (κ2) is 9.87. The third-order valence-electron chi connectivity index (χ3n) is 8.11. The molecule has 6 rings (SSSR count). The van der Waals surface area contributed by atoms with Crippen LogP contribution in [0.2, 0.25) is 0 Å². The second-order valence-corrected chi connectivity index (χ2v) is 10.6. The third kappa shape index (κ3) is 4.29. The van der Waals surface area contributed by atoms with E-state index in [-0.39, 0.29) is 29.7 Å². The molecule has 4 aromatic heterocycles. The largest absolute Gasteiger partial charge is 0.453 e. The molecule has 4 aromatic rings. The molecule has 2 aliphatic rings. The highest BCUT2D eigenvalue weighted by atomic mass is 16.5. The molecule has 0 aromatic carbocycles. The van der Waals surface area contributed by atoms with Crippen molar-refractivity contribution in [2.45, 2.75) is 69.2 Å². The molecular weight excluding hydrogens is 530 g/mol. The highest BCUT2D eigenvalue weighted by Crippen LogP contribution is 2.41. The van der Waals surface area contributed by atoms with Crippen LogP contribution in [-0.2, 0) is 22.0 Å². The van der Waals surface area contributed by atoms with Gasteiger partial charge in [0.25, 0.3) is 0 Å². The number of ether oxygens (including phenoxy) is 1. The Morgan fingerprint density at radius 3 is 2.76 bits per heavy atom. The van der Waals surface area contributed by atoms with E-state index < -0.39 is 48.4 Å². The number of aliphatic hydroxyl groups excluding tert-OH is 1. The van der Waals surface area contributed by atoms with Gasteiger partial charge in [0.1, 0.15) is 22.9 Å². The zero-order valence-corrected chi connectivity index (χ0v) is 22.5. The van der Waals surface area contributed by atoms with Crippen molar-refractivity contribution < 1.29 is 24.9 Å². The van der Waals surface area contributed by atoms with Crippen molar-refractivity contribution in [2.75, 3.05) is 12.4 Å². The maximum Gasteiger partial charge on any atom is 0.407 e. The van der Waals surface area contributed by atoms with Gasteiger partial charge in [-0.25, -0.2) is 24.2 Å². The number of carbonyl (C=O) groups excluding carboxylic acids is 2. The molecule has 0 radical (unpaired) electrons. The predicted molar refractivity (Wildman–Crippen MR) is 150 cm³/mol. The Morgan fingerprint density at radius 1 is 1.29 bits per heavy atom. The Kier molecular flexibility index (Phi) is 5.36. The first kappa shape index (κ1) is 22.3. The summed E-state index contributed by atoms with van der Waals surface area (Å²) in [5.74, 6) is 0.0115. The number of imidazole rings is 1. The van der Waals surface area contributed by atoms with Crippen LogP contribution in [0.15, 0.2) is 29.2 Å². The number of rotatable bonds is 7. The molecule has 0 saturated heterocycles. The first-order valence-electron chi connectivity index (χ1n) is 15.3. The lowest BCUT2D eigenvalue weighted by molar-refractivity contribution is -0.131. The molecule has 2 saturated carbocycles. The highest BCUT2D eigenvalue weighted by Gasteiger charge is 2.47. The summed E-state index contributed by atoms with van der Waals surface area (Å²) in [4.78, 5) is 47.0. The number of anilines is 2. The third-order valence-corrected chi connectivity index (χ3v) is 8.11. The molecule has 216 valence electrons. The molecule has 4 heterocycles. The number of aromatic nitrogens is 6. The smallest absolute Gasteiger partial charge is 0.407 e. The number of nitrogens with one attached hydrogen (secondary N) is 2. The van der Waals surface area contributed by atoms with Gasteiger partial charge in [0, 0.05) is 34.6 Å². The molecule has 2 fully saturated rings. The fourth-order valence-electron chi connectivity index (χ4n) is 5.80. The minimum atomic E-state index is -2.80. The maximum absolute atomic E-state index is 13.6. The summed E-state index contributed by atoms with van der Waals surface area (Å²) in [5, 5.41) is 21.0. The fourth-order valence-corrected chi connectivity index (χ4v) is 5.80. The van der Waals surface area contributed by atoms with Gasteiger partial charge in [-0.2, -0.15) is 5.10 Å². The molecule has 14 nitrogen and oxygen atoms in total. The minimum absolute atomic E-state index is 0.0443. The van der Waals surface area contributed by atoms with Crippen LogP contribution in [0.25, 0.3) is 22.1 Å². The Bertz CT molecular complexity index is 1900.